The number of rotatable bonds is 0. The Hall–Kier alpha value is -1.03. The van der Waals surface area contributed by atoms with Gasteiger partial charge in [-0.25, -0.2) is 4.79 Å². The van der Waals surface area contributed by atoms with Gasteiger partial charge in [-0.2, -0.15) is 0 Å². The zero-order valence-electron chi connectivity index (χ0n) is 7.53. The molecule has 2 rings (SSSR count). The second kappa shape index (κ2) is 3.61. The molecule has 0 aliphatic carbocycles. The van der Waals surface area contributed by atoms with Crippen molar-refractivity contribution in [2.75, 3.05) is 11.4 Å². The highest BCUT2D eigenvalue weighted by Crippen LogP contribution is 2.32. The lowest BCUT2D eigenvalue weighted by atomic mass is 10.0. The highest BCUT2D eigenvalue weighted by molar-refractivity contribution is 9.10. The molecule has 3 nitrogen and oxygen atoms in total. The van der Waals surface area contributed by atoms with Crippen molar-refractivity contribution in [2.45, 2.75) is 12.8 Å². The Kier molecular flexibility index (Phi) is 2.46. The molecule has 0 atom stereocenters. The molecule has 0 bridgehead atoms. The molecule has 4 heteroatoms. The summed E-state index contributed by atoms with van der Waals surface area (Å²) < 4.78 is 1.00. The van der Waals surface area contributed by atoms with E-state index in [0.29, 0.717) is 6.54 Å². The van der Waals surface area contributed by atoms with E-state index in [4.69, 9.17) is 5.11 Å². The molecule has 0 fully saturated rings. The van der Waals surface area contributed by atoms with Gasteiger partial charge in [-0.15, -0.1) is 0 Å². The summed E-state index contributed by atoms with van der Waals surface area (Å²) in [5, 5.41) is 8.99. The first-order valence-corrected chi connectivity index (χ1v) is 5.27. The van der Waals surface area contributed by atoms with Gasteiger partial charge in [-0.05, 0) is 30.5 Å². The van der Waals surface area contributed by atoms with Crippen LogP contribution in [0.1, 0.15) is 12.0 Å². The summed E-state index contributed by atoms with van der Waals surface area (Å²) >= 11 is 3.44. The van der Waals surface area contributed by atoms with E-state index in [0.717, 1.165) is 28.6 Å². The maximum Gasteiger partial charge on any atom is 0.411 e. The second-order valence-electron chi connectivity index (χ2n) is 3.28. The third-order valence-electron chi connectivity index (χ3n) is 2.42. The van der Waals surface area contributed by atoms with Gasteiger partial charge in [0.2, 0.25) is 0 Å². The second-order valence-corrected chi connectivity index (χ2v) is 4.13. The first kappa shape index (κ1) is 9.52. The smallest absolute Gasteiger partial charge is 0.411 e. The van der Waals surface area contributed by atoms with Crippen molar-refractivity contribution >= 4 is 27.7 Å². The Bertz CT molecular complexity index is 378. The molecule has 0 unspecified atom stereocenters. The molecular formula is C10H10BrNO2. The summed E-state index contributed by atoms with van der Waals surface area (Å²) in [5.74, 6) is 0. The highest BCUT2D eigenvalue weighted by atomic mass is 79.9. The first-order chi connectivity index (χ1) is 6.70. The zero-order valence-corrected chi connectivity index (χ0v) is 9.12. The number of fused-ring (bicyclic) bond motifs is 1. The van der Waals surface area contributed by atoms with Gasteiger partial charge in [0.15, 0.2) is 0 Å². The maximum atomic E-state index is 10.9. The molecule has 0 saturated carbocycles. The molecule has 74 valence electrons. The molecule has 1 heterocycles. The summed E-state index contributed by atoms with van der Waals surface area (Å²) in [6.45, 7) is 0.596. The van der Waals surface area contributed by atoms with Gasteiger partial charge < -0.3 is 5.11 Å². The van der Waals surface area contributed by atoms with Gasteiger partial charge in [-0.3, -0.25) is 4.90 Å². The number of halogens is 1. The predicted molar refractivity (Wildman–Crippen MR) is 57.8 cm³/mol. The summed E-state index contributed by atoms with van der Waals surface area (Å²) in [5.41, 5.74) is 1.92. The Balaban J connectivity index is 2.49. The Morgan fingerprint density at radius 2 is 2.29 bits per heavy atom. The first-order valence-electron chi connectivity index (χ1n) is 4.48. The van der Waals surface area contributed by atoms with Crippen molar-refractivity contribution in [1.82, 2.24) is 0 Å². The van der Waals surface area contributed by atoms with E-state index >= 15 is 0 Å². The monoisotopic (exact) mass is 255 g/mol. The van der Waals surface area contributed by atoms with Crippen molar-refractivity contribution in [3.05, 3.63) is 28.2 Å². The average Bonchev–Trinajstić information content (AvgIpc) is 2.17. The molecule has 1 aromatic carbocycles. The van der Waals surface area contributed by atoms with Crippen molar-refractivity contribution < 1.29 is 9.90 Å². The van der Waals surface area contributed by atoms with Crippen LogP contribution in [0.3, 0.4) is 0 Å². The molecule has 0 aromatic heterocycles. The number of amides is 1. The average molecular weight is 256 g/mol. The third kappa shape index (κ3) is 1.50. The molecule has 14 heavy (non-hydrogen) atoms. The molecule has 1 amide bonds. The molecule has 0 saturated heterocycles. The van der Waals surface area contributed by atoms with E-state index in [1.54, 1.807) is 0 Å². The van der Waals surface area contributed by atoms with E-state index in [1.807, 2.05) is 18.2 Å². The summed E-state index contributed by atoms with van der Waals surface area (Å²) in [6.07, 6.45) is 0.965. The molecule has 1 aliphatic heterocycles. The van der Waals surface area contributed by atoms with E-state index in [1.165, 1.54) is 4.90 Å². The van der Waals surface area contributed by atoms with Gasteiger partial charge in [0.05, 0.1) is 5.69 Å². The van der Waals surface area contributed by atoms with Gasteiger partial charge in [0, 0.05) is 11.0 Å². The molecule has 0 radical (unpaired) electrons. The fourth-order valence-electron chi connectivity index (χ4n) is 1.78. The van der Waals surface area contributed by atoms with E-state index in [2.05, 4.69) is 15.9 Å². The minimum Gasteiger partial charge on any atom is -0.465 e. The number of carboxylic acid groups (broad SMARTS) is 1. The van der Waals surface area contributed by atoms with Crippen LogP contribution in [0.5, 0.6) is 0 Å². The van der Waals surface area contributed by atoms with Gasteiger partial charge >= 0.3 is 6.09 Å². The van der Waals surface area contributed by atoms with Gasteiger partial charge in [0.25, 0.3) is 0 Å². The topological polar surface area (TPSA) is 40.5 Å². The van der Waals surface area contributed by atoms with Crippen LogP contribution in [0.4, 0.5) is 10.5 Å². The van der Waals surface area contributed by atoms with Crippen LogP contribution in [-0.2, 0) is 6.42 Å². The van der Waals surface area contributed by atoms with E-state index in [9.17, 15) is 4.79 Å². The standard InChI is InChI=1S/C10H10BrNO2/c11-8-4-1-5-9-7(8)3-2-6-12(9)10(13)14/h1,4-5H,2-3,6H2,(H,13,14). The van der Waals surface area contributed by atoms with Crippen LogP contribution < -0.4 is 4.90 Å². The number of anilines is 1. The maximum absolute atomic E-state index is 10.9. The van der Waals surface area contributed by atoms with Crippen molar-refractivity contribution in [2.24, 2.45) is 0 Å². The fourth-order valence-corrected chi connectivity index (χ4v) is 2.33. The van der Waals surface area contributed by atoms with Crippen molar-refractivity contribution in [1.29, 1.82) is 0 Å². The van der Waals surface area contributed by atoms with Crippen LogP contribution in [0.15, 0.2) is 22.7 Å². The van der Waals surface area contributed by atoms with E-state index in [-0.39, 0.29) is 0 Å². The number of carbonyl (C=O) groups is 1. The highest BCUT2D eigenvalue weighted by Gasteiger charge is 2.22. The molecular weight excluding hydrogens is 246 g/mol. The molecule has 1 aromatic rings. The van der Waals surface area contributed by atoms with Crippen LogP contribution in [-0.4, -0.2) is 17.7 Å². The Morgan fingerprint density at radius 3 is 3.00 bits per heavy atom. The van der Waals surface area contributed by atoms with Crippen LogP contribution >= 0.6 is 15.9 Å². The summed E-state index contributed by atoms with van der Waals surface area (Å²) in [4.78, 5) is 12.3. The summed E-state index contributed by atoms with van der Waals surface area (Å²) in [6, 6.07) is 5.67. The lowest BCUT2D eigenvalue weighted by Crippen LogP contribution is -2.34. The molecule has 1 aliphatic rings. The normalized spacial score (nSPS) is 15.1. The minimum absolute atomic E-state index is 0.596. The molecule has 0 spiro atoms. The molecule has 1 N–H and O–H groups in total. The van der Waals surface area contributed by atoms with Crippen LogP contribution in [0.25, 0.3) is 0 Å². The summed E-state index contributed by atoms with van der Waals surface area (Å²) in [7, 11) is 0. The third-order valence-corrected chi connectivity index (χ3v) is 3.17. The van der Waals surface area contributed by atoms with Crippen LogP contribution in [0.2, 0.25) is 0 Å². The Labute approximate surface area is 90.5 Å². The quantitative estimate of drug-likeness (QED) is 0.775. The largest absolute Gasteiger partial charge is 0.465 e. The number of hydrogen-bond acceptors (Lipinski definition) is 1. The number of hydrogen-bond donors (Lipinski definition) is 1. The van der Waals surface area contributed by atoms with Crippen LogP contribution in [0, 0.1) is 0 Å². The Morgan fingerprint density at radius 1 is 1.50 bits per heavy atom. The van der Waals surface area contributed by atoms with Crippen molar-refractivity contribution in [3.8, 4) is 0 Å². The SMILES string of the molecule is O=C(O)N1CCCc2c(Br)cccc21. The zero-order chi connectivity index (χ0) is 10.1. The van der Waals surface area contributed by atoms with Crippen molar-refractivity contribution in [3.63, 3.8) is 0 Å². The minimum atomic E-state index is -0.871. The fraction of sp³-hybridized carbons (Fsp3) is 0.300. The number of benzene rings is 1. The number of nitrogens with zero attached hydrogens (tertiary/aromatic N) is 1. The van der Waals surface area contributed by atoms with Gasteiger partial charge in [0.1, 0.15) is 0 Å². The van der Waals surface area contributed by atoms with E-state index < -0.39 is 6.09 Å². The predicted octanol–water partition coefficient (Wildman–Crippen LogP) is 2.88. The lowest BCUT2D eigenvalue weighted by molar-refractivity contribution is 0.201. The lowest BCUT2D eigenvalue weighted by Gasteiger charge is -2.27. The van der Waals surface area contributed by atoms with Gasteiger partial charge in [-0.1, -0.05) is 22.0 Å².